The number of carbonyl (C=O) groups is 2. The number of carbonyl (C=O) groups excluding carboxylic acids is 2. The first-order valence-corrected chi connectivity index (χ1v) is 4.30. The standard InChI is InChI=1S/C8H17N3O3/c1-8(2,5-12)11-7(14)4-10-6(13)3-9/h12H,3-5,9H2,1-2H3,(H,10,13)(H,11,14). The van der Waals surface area contributed by atoms with E-state index in [4.69, 9.17) is 10.8 Å². The van der Waals surface area contributed by atoms with Gasteiger partial charge in [0, 0.05) is 0 Å². The first kappa shape index (κ1) is 12.9. The quantitative estimate of drug-likeness (QED) is 0.412. The van der Waals surface area contributed by atoms with Crippen LogP contribution in [0.5, 0.6) is 0 Å². The third kappa shape index (κ3) is 5.50. The number of hydrogen-bond donors (Lipinski definition) is 4. The van der Waals surface area contributed by atoms with E-state index in [-0.39, 0.29) is 31.5 Å². The van der Waals surface area contributed by atoms with E-state index in [1.54, 1.807) is 13.8 Å². The normalized spacial score (nSPS) is 10.9. The van der Waals surface area contributed by atoms with Crippen LogP contribution >= 0.6 is 0 Å². The molecule has 6 nitrogen and oxygen atoms in total. The summed E-state index contributed by atoms with van der Waals surface area (Å²) >= 11 is 0. The van der Waals surface area contributed by atoms with E-state index >= 15 is 0 Å². The van der Waals surface area contributed by atoms with Crippen molar-refractivity contribution in [3.8, 4) is 0 Å². The zero-order chi connectivity index (χ0) is 11.2. The molecule has 0 aromatic heterocycles. The highest BCUT2D eigenvalue weighted by atomic mass is 16.3. The zero-order valence-corrected chi connectivity index (χ0v) is 8.46. The zero-order valence-electron chi connectivity index (χ0n) is 8.46. The van der Waals surface area contributed by atoms with Crippen molar-refractivity contribution in [2.45, 2.75) is 19.4 Å². The highest BCUT2D eigenvalue weighted by molar-refractivity contribution is 5.85. The lowest BCUT2D eigenvalue weighted by atomic mass is 10.1. The fraction of sp³-hybridized carbons (Fsp3) is 0.750. The fourth-order valence-corrected chi connectivity index (χ4v) is 0.712. The van der Waals surface area contributed by atoms with Gasteiger partial charge in [-0.15, -0.1) is 0 Å². The second-order valence-corrected chi connectivity index (χ2v) is 3.57. The highest BCUT2D eigenvalue weighted by Gasteiger charge is 2.18. The van der Waals surface area contributed by atoms with E-state index in [1.165, 1.54) is 0 Å². The Labute approximate surface area is 82.9 Å². The molecule has 0 aliphatic heterocycles. The minimum absolute atomic E-state index is 0.126. The largest absolute Gasteiger partial charge is 0.394 e. The van der Waals surface area contributed by atoms with Crippen LogP contribution in [0.4, 0.5) is 0 Å². The molecule has 0 fully saturated rings. The van der Waals surface area contributed by atoms with Crippen LogP contribution < -0.4 is 16.4 Å². The first-order valence-electron chi connectivity index (χ1n) is 4.30. The molecular formula is C8H17N3O3. The Balaban J connectivity index is 3.82. The van der Waals surface area contributed by atoms with Crippen LogP contribution in [0.3, 0.4) is 0 Å². The maximum atomic E-state index is 11.2. The van der Waals surface area contributed by atoms with Crippen molar-refractivity contribution in [3.63, 3.8) is 0 Å². The van der Waals surface area contributed by atoms with Crippen molar-refractivity contribution in [1.29, 1.82) is 0 Å². The van der Waals surface area contributed by atoms with Crippen LogP contribution in [0.1, 0.15) is 13.8 Å². The molecule has 6 heteroatoms. The number of aliphatic hydroxyl groups excluding tert-OH is 1. The van der Waals surface area contributed by atoms with Crippen molar-refractivity contribution < 1.29 is 14.7 Å². The molecule has 2 amide bonds. The number of nitrogens with two attached hydrogens (primary N) is 1. The number of hydrogen-bond acceptors (Lipinski definition) is 4. The summed E-state index contributed by atoms with van der Waals surface area (Å²) in [5.74, 6) is -0.743. The van der Waals surface area contributed by atoms with Crippen molar-refractivity contribution in [2.24, 2.45) is 5.73 Å². The van der Waals surface area contributed by atoms with Crippen molar-refractivity contribution in [3.05, 3.63) is 0 Å². The maximum absolute atomic E-state index is 11.2. The third-order valence-corrected chi connectivity index (χ3v) is 1.50. The Morgan fingerprint density at radius 2 is 1.93 bits per heavy atom. The molecule has 0 bridgehead atoms. The number of aliphatic hydroxyl groups is 1. The van der Waals surface area contributed by atoms with Crippen LogP contribution in [0, 0.1) is 0 Å². The molecule has 0 unspecified atom stereocenters. The SMILES string of the molecule is CC(C)(CO)NC(=O)CNC(=O)CN. The summed E-state index contributed by atoms with van der Waals surface area (Å²) in [7, 11) is 0. The van der Waals surface area contributed by atoms with Crippen LogP contribution in [-0.4, -0.2) is 42.2 Å². The molecular weight excluding hydrogens is 186 g/mol. The molecule has 5 N–H and O–H groups in total. The summed E-state index contributed by atoms with van der Waals surface area (Å²) in [5, 5.41) is 13.7. The molecule has 0 heterocycles. The first-order chi connectivity index (χ1) is 6.41. The molecule has 0 rings (SSSR count). The van der Waals surface area contributed by atoms with Gasteiger partial charge in [-0.05, 0) is 13.8 Å². The van der Waals surface area contributed by atoms with Gasteiger partial charge >= 0.3 is 0 Å². The Kier molecular flexibility index (Phi) is 5.11. The summed E-state index contributed by atoms with van der Waals surface area (Å²) in [4.78, 5) is 21.8. The average molecular weight is 203 g/mol. The highest BCUT2D eigenvalue weighted by Crippen LogP contribution is 1.98. The Hall–Kier alpha value is -1.14. The topological polar surface area (TPSA) is 104 Å². The monoisotopic (exact) mass is 203 g/mol. The summed E-state index contributed by atoms with van der Waals surface area (Å²) in [5.41, 5.74) is 4.35. The number of rotatable bonds is 5. The molecule has 14 heavy (non-hydrogen) atoms. The van der Waals surface area contributed by atoms with Gasteiger partial charge in [0.1, 0.15) is 0 Å². The van der Waals surface area contributed by atoms with Crippen LogP contribution in [-0.2, 0) is 9.59 Å². The number of nitrogens with one attached hydrogen (secondary N) is 2. The van der Waals surface area contributed by atoms with E-state index in [2.05, 4.69) is 10.6 Å². The molecule has 0 aliphatic carbocycles. The lowest BCUT2D eigenvalue weighted by molar-refractivity contribution is -0.126. The molecule has 0 atom stereocenters. The predicted molar refractivity (Wildman–Crippen MR) is 51.4 cm³/mol. The summed E-state index contributed by atoms with van der Waals surface area (Å²) < 4.78 is 0. The van der Waals surface area contributed by atoms with E-state index in [1.807, 2.05) is 0 Å². The van der Waals surface area contributed by atoms with E-state index in [0.717, 1.165) is 0 Å². The van der Waals surface area contributed by atoms with Gasteiger partial charge in [0.15, 0.2) is 0 Å². The van der Waals surface area contributed by atoms with E-state index < -0.39 is 5.54 Å². The fourth-order valence-electron chi connectivity index (χ4n) is 0.712. The third-order valence-electron chi connectivity index (χ3n) is 1.50. The molecule has 0 saturated carbocycles. The van der Waals surface area contributed by atoms with Crippen molar-refractivity contribution in [1.82, 2.24) is 10.6 Å². The molecule has 82 valence electrons. The Morgan fingerprint density at radius 3 is 2.36 bits per heavy atom. The second-order valence-electron chi connectivity index (χ2n) is 3.57. The maximum Gasteiger partial charge on any atom is 0.239 e. The van der Waals surface area contributed by atoms with Gasteiger partial charge in [-0.1, -0.05) is 0 Å². The van der Waals surface area contributed by atoms with Crippen molar-refractivity contribution >= 4 is 11.8 Å². The molecule has 0 aromatic carbocycles. The van der Waals surface area contributed by atoms with Crippen LogP contribution in [0.15, 0.2) is 0 Å². The van der Waals surface area contributed by atoms with Crippen molar-refractivity contribution in [2.75, 3.05) is 19.7 Å². The Morgan fingerprint density at radius 1 is 1.36 bits per heavy atom. The van der Waals surface area contributed by atoms with Gasteiger partial charge < -0.3 is 21.5 Å². The second kappa shape index (κ2) is 5.56. The molecule has 0 aromatic rings. The van der Waals surface area contributed by atoms with E-state index in [0.29, 0.717) is 0 Å². The van der Waals surface area contributed by atoms with Gasteiger partial charge in [0.25, 0.3) is 0 Å². The molecule has 0 saturated heterocycles. The van der Waals surface area contributed by atoms with Crippen LogP contribution in [0.2, 0.25) is 0 Å². The molecule has 0 aliphatic rings. The predicted octanol–water partition coefficient (Wildman–Crippen LogP) is -2.05. The Bertz CT molecular complexity index is 216. The lowest BCUT2D eigenvalue weighted by Crippen LogP contribution is -2.50. The van der Waals surface area contributed by atoms with Gasteiger partial charge in [0.05, 0.1) is 25.2 Å². The summed E-state index contributed by atoms with van der Waals surface area (Å²) in [6.07, 6.45) is 0. The van der Waals surface area contributed by atoms with Gasteiger partial charge in [-0.2, -0.15) is 0 Å². The van der Waals surface area contributed by atoms with Gasteiger partial charge in [-0.3, -0.25) is 9.59 Å². The smallest absolute Gasteiger partial charge is 0.239 e. The lowest BCUT2D eigenvalue weighted by Gasteiger charge is -2.23. The minimum atomic E-state index is -0.676. The van der Waals surface area contributed by atoms with Gasteiger partial charge in [-0.25, -0.2) is 0 Å². The van der Waals surface area contributed by atoms with Crippen LogP contribution in [0.25, 0.3) is 0 Å². The average Bonchev–Trinajstić information content (AvgIpc) is 2.13. The van der Waals surface area contributed by atoms with E-state index in [9.17, 15) is 9.59 Å². The summed E-state index contributed by atoms with van der Waals surface area (Å²) in [6.45, 7) is 2.92. The molecule has 0 radical (unpaired) electrons. The summed E-state index contributed by atoms with van der Waals surface area (Å²) in [6, 6.07) is 0. The number of amides is 2. The van der Waals surface area contributed by atoms with Gasteiger partial charge in [0.2, 0.25) is 11.8 Å². The minimum Gasteiger partial charge on any atom is -0.394 e. The molecule has 0 spiro atoms.